The van der Waals surface area contributed by atoms with Crippen LogP contribution in [0.2, 0.25) is 0 Å². The lowest BCUT2D eigenvalue weighted by atomic mass is 9.97. The highest BCUT2D eigenvalue weighted by Gasteiger charge is 2.29. The number of rotatable bonds is 4. The van der Waals surface area contributed by atoms with Crippen molar-refractivity contribution in [2.75, 3.05) is 31.2 Å². The number of carbonyl (C=O) groups excluding carboxylic acids is 1. The van der Waals surface area contributed by atoms with Crippen LogP contribution in [0.3, 0.4) is 0 Å². The van der Waals surface area contributed by atoms with Crippen LogP contribution in [-0.2, 0) is 4.74 Å². The van der Waals surface area contributed by atoms with E-state index in [0.717, 1.165) is 10.8 Å². The van der Waals surface area contributed by atoms with Gasteiger partial charge >= 0.3 is 0 Å². The van der Waals surface area contributed by atoms with E-state index in [-0.39, 0.29) is 16.0 Å². The maximum Gasteiger partial charge on any atom is 0.160 e. The predicted octanol–water partition coefficient (Wildman–Crippen LogP) is 4.48. The summed E-state index contributed by atoms with van der Waals surface area (Å²) in [6, 6.07) is 15.2. The Morgan fingerprint density at radius 3 is 2.63 bits per heavy atom. The number of hydrogen-bond donors (Lipinski definition) is 0. The zero-order chi connectivity index (χ0) is 18.8. The largest absolute Gasteiger partial charge is 0.378 e. The van der Waals surface area contributed by atoms with Crippen molar-refractivity contribution in [3.05, 3.63) is 64.0 Å². The fraction of sp³-hybridized carbons (Fsp3) is 0.238. The molecule has 1 atom stereocenters. The minimum absolute atomic E-state index is 0.175. The van der Waals surface area contributed by atoms with E-state index in [0.29, 0.717) is 43.2 Å². The van der Waals surface area contributed by atoms with Gasteiger partial charge < -0.3 is 9.64 Å². The van der Waals surface area contributed by atoms with Crippen LogP contribution in [-0.4, -0.2) is 32.6 Å². The zero-order valence-electron chi connectivity index (χ0n) is 14.5. The molecule has 1 aliphatic rings. The van der Waals surface area contributed by atoms with E-state index >= 15 is 4.39 Å². The molecule has 0 N–H and O–H groups in total. The average Bonchev–Trinajstić information content (AvgIpc) is 3.12. The van der Waals surface area contributed by atoms with Crippen molar-refractivity contribution in [2.45, 2.75) is 6.17 Å². The number of halogens is 1. The van der Waals surface area contributed by atoms with E-state index in [4.69, 9.17) is 4.74 Å². The highest BCUT2D eigenvalue weighted by atomic mass is 32.1. The first kappa shape index (κ1) is 17.7. The van der Waals surface area contributed by atoms with Gasteiger partial charge in [0.05, 0.1) is 23.7 Å². The van der Waals surface area contributed by atoms with Gasteiger partial charge in [-0.2, -0.15) is 5.26 Å². The van der Waals surface area contributed by atoms with Crippen molar-refractivity contribution < 1.29 is 13.9 Å². The maximum atomic E-state index is 15.5. The molecule has 2 heterocycles. The fourth-order valence-electron chi connectivity index (χ4n) is 3.42. The molecule has 3 aromatic rings. The lowest BCUT2D eigenvalue weighted by Crippen LogP contribution is -2.36. The van der Waals surface area contributed by atoms with Crippen molar-refractivity contribution in [1.82, 2.24) is 0 Å². The Hall–Kier alpha value is -2.75. The van der Waals surface area contributed by atoms with Gasteiger partial charge in [0.25, 0.3) is 0 Å². The van der Waals surface area contributed by atoms with E-state index in [1.165, 1.54) is 11.3 Å². The SMILES string of the molecule is N#Cc1c(N2CCOCC2)sc(C=O)c1C(F)c1ccc2ccccc2c1. The van der Waals surface area contributed by atoms with E-state index in [1.54, 1.807) is 12.1 Å². The number of carbonyl (C=O) groups is 1. The molecule has 1 fully saturated rings. The number of aldehydes is 1. The van der Waals surface area contributed by atoms with Gasteiger partial charge in [0.1, 0.15) is 11.1 Å². The number of ether oxygens (including phenoxy) is 1. The van der Waals surface area contributed by atoms with Crippen molar-refractivity contribution in [3.8, 4) is 6.07 Å². The normalized spacial score (nSPS) is 15.5. The number of benzene rings is 2. The van der Waals surface area contributed by atoms with Crippen LogP contribution in [0.1, 0.15) is 32.5 Å². The Bertz CT molecular complexity index is 1030. The molecule has 0 spiro atoms. The van der Waals surface area contributed by atoms with Gasteiger partial charge in [-0.1, -0.05) is 36.4 Å². The lowest BCUT2D eigenvalue weighted by molar-refractivity contribution is 0.112. The smallest absolute Gasteiger partial charge is 0.160 e. The van der Waals surface area contributed by atoms with Gasteiger partial charge in [0, 0.05) is 18.7 Å². The van der Waals surface area contributed by atoms with Crippen LogP contribution in [0, 0.1) is 11.3 Å². The average molecular weight is 380 g/mol. The second-order valence-corrected chi connectivity index (χ2v) is 7.39. The molecule has 4 nitrogen and oxygen atoms in total. The fourth-order valence-corrected chi connectivity index (χ4v) is 4.56. The molecule has 2 aromatic carbocycles. The molecule has 0 radical (unpaired) electrons. The second kappa shape index (κ2) is 7.47. The molecule has 1 aromatic heterocycles. The highest BCUT2D eigenvalue weighted by molar-refractivity contribution is 7.18. The molecule has 0 amide bonds. The molecule has 136 valence electrons. The first-order valence-corrected chi connectivity index (χ1v) is 9.52. The molecule has 27 heavy (non-hydrogen) atoms. The number of thiophene rings is 1. The van der Waals surface area contributed by atoms with E-state index in [9.17, 15) is 10.1 Å². The summed E-state index contributed by atoms with van der Waals surface area (Å²) in [4.78, 5) is 13.9. The minimum Gasteiger partial charge on any atom is -0.378 e. The standard InChI is InChI=1S/C21H17FN2O2S/c22-20(16-6-5-14-3-1-2-4-15(14)11-16)19-17(12-23)21(27-18(19)13-25)24-7-9-26-10-8-24/h1-6,11,13,20H,7-10H2. The van der Waals surface area contributed by atoms with Gasteiger partial charge in [0.2, 0.25) is 0 Å². The summed E-state index contributed by atoms with van der Waals surface area (Å²) in [7, 11) is 0. The Kier molecular flexibility index (Phi) is 4.88. The van der Waals surface area contributed by atoms with Crippen molar-refractivity contribution >= 4 is 33.4 Å². The van der Waals surface area contributed by atoms with E-state index in [2.05, 4.69) is 6.07 Å². The molecule has 0 aliphatic carbocycles. The quantitative estimate of drug-likeness (QED) is 0.626. The molecule has 1 unspecified atom stereocenters. The number of nitriles is 1. The number of nitrogens with zero attached hydrogens (tertiary/aromatic N) is 2. The molecular formula is C21H17FN2O2S. The Morgan fingerprint density at radius 2 is 1.93 bits per heavy atom. The van der Waals surface area contributed by atoms with Crippen LogP contribution in [0.4, 0.5) is 9.39 Å². The number of anilines is 1. The third-order valence-electron chi connectivity index (χ3n) is 4.79. The second-order valence-electron chi connectivity index (χ2n) is 6.36. The first-order chi connectivity index (χ1) is 13.2. The number of alkyl halides is 1. The number of hydrogen-bond acceptors (Lipinski definition) is 5. The Balaban J connectivity index is 1.80. The summed E-state index contributed by atoms with van der Waals surface area (Å²) in [5.41, 5.74) is 0.874. The zero-order valence-corrected chi connectivity index (χ0v) is 15.3. The van der Waals surface area contributed by atoms with E-state index < -0.39 is 6.17 Å². The highest BCUT2D eigenvalue weighted by Crippen LogP contribution is 2.42. The van der Waals surface area contributed by atoms with E-state index in [1.807, 2.05) is 35.2 Å². The molecule has 0 bridgehead atoms. The molecule has 6 heteroatoms. The first-order valence-electron chi connectivity index (χ1n) is 8.70. The summed E-state index contributed by atoms with van der Waals surface area (Å²) < 4.78 is 20.9. The summed E-state index contributed by atoms with van der Waals surface area (Å²) in [5.74, 6) is 0. The number of morpholine rings is 1. The van der Waals surface area contributed by atoms with Gasteiger partial charge in [-0.15, -0.1) is 11.3 Å². The van der Waals surface area contributed by atoms with Gasteiger partial charge in [-0.05, 0) is 22.4 Å². The maximum absolute atomic E-state index is 15.5. The topological polar surface area (TPSA) is 53.3 Å². The lowest BCUT2D eigenvalue weighted by Gasteiger charge is -2.27. The van der Waals surface area contributed by atoms with Crippen LogP contribution >= 0.6 is 11.3 Å². The van der Waals surface area contributed by atoms with Crippen molar-refractivity contribution in [2.24, 2.45) is 0 Å². The molecule has 1 aliphatic heterocycles. The van der Waals surface area contributed by atoms with Crippen molar-refractivity contribution in [1.29, 1.82) is 5.26 Å². The molecule has 0 saturated carbocycles. The Morgan fingerprint density at radius 1 is 1.19 bits per heavy atom. The van der Waals surface area contributed by atoms with Gasteiger partial charge in [-0.3, -0.25) is 4.79 Å². The third kappa shape index (κ3) is 3.20. The predicted molar refractivity (Wildman–Crippen MR) is 104 cm³/mol. The number of fused-ring (bicyclic) bond motifs is 1. The summed E-state index contributed by atoms with van der Waals surface area (Å²) in [6.45, 7) is 2.36. The van der Waals surface area contributed by atoms with Crippen LogP contribution < -0.4 is 4.90 Å². The Labute approximate surface area is 160 Å². The summed E-state index contributed by atoms with van der Waals surface area (Å²) in [6.07, 6.45) is -0.881. The summed E-state index contributed by atoms with van der Waals surface area (Å²) >= 11 is 1.18. The van der Waals surface area contributed by atoms with Crippen LogP contribution in [0.5, 0.6) is 0 Å². The molecule has 1 saturated heterocycles. The van der Waals surface area contributed by atoms with Crippen LogP contribution in [0.25, 0.3) is 10.8 Å². The van der Waals surface area contributed by atoms with Gasteiger partial charge in [0.15, 0.2) is 12.5 Å². The molecular weight excluding hydrogens is 363 g/mol. The monoisotopic (exact) mass is 380 g/mol. The molecule has 4 rings (SSSR count). The third-order valence-corrected chi connectivity index (χ3v) is 5.98. The van der Waals surface area contributed by atoms with Gasteiger partial charge in [-0.25, -0.2) is 4.39 Å². The van der Waals surface area contributed by atoms with Crippen LogP contribution in [0.15, 0.2) is 42.5 Å². The summed E-state index contributed by atoms with van der Waals surface area (Å²) in [5, 5.41) is 12.3. The van der Waals surface area contributed by atoms with Crippen molar-refractivity contribution in [3.63, 3.8) is 0 Å². The minimum atomic E-state index is -1.53.